The van der Waals surface area contributed by atoms with E-state index in [1.54, 1.807) is 30.3 Å². The zero-order chi connectivity index (χ0) is 21.5. The quantitative estimate of drug-likeness (QED) is 0.341. The number of allylic oxidation sites excluding steroid dienone is 1. The molecular weight excluding hydrogens is 443 g/mol. The lowest BCUT2D eigenvalue weighted by atomic mass is 10.2. The summed E-state index contributed by atoms with van der Waals surface area (Å²) in [6, 6.07) is 12.5. The van der Waals surface area contributed by atoms with Gasteiger partial charge in [0.1, 0.15) is 12.4 Å². The van der Waals surface area contributed by atoms with Crippen molar-refractivity contribution in [2.24, 2.45) is 0 Å². The van der Waals surface area contributed by atoms with E-state index in [4.69, 9.17) is 27.9 Å². The predicted octanol–water partition coefficient (Wildman–Crippen LogP) is 5.39. The number of hydrogen-bond donors (Lipinski definition) is 1. The number of anilines is 1. The first kappa shape index (κ1) is 22.2. The maximum atomic E-state index is 12.3. The van der Waals surface area contributed by atoms with Gasteiger partial charge in [-0.2, -0.15) is 0 Å². The molecule has 1 N–H and O–H groups in total. The number of amides is 1. The van der Waals surface area contributed by atoms with E-state index in [2.05, 4.69) is 22.1 Å². The van der Waals surface area contributed by atoms with Gasteiger partial charge in [0.15, 0.2) is 11.0 Å². The van der Waals surface area contributed by atoms with E-state index >= 15 is 0 Å². The smallest absolute Gasteiger partial charge is 0.234 e. The number of thioether (sulfide) groups is 1. The lowest BCUT2D eigenvalue weighted by Crippen LogP contribution is -2.15. The first-order chi connectivity index (χ1) is 14.5. The molecule has 1 amide bonds. The molecular formula is C21H20Cl2N4O2S. The van der Waals surface area contributed by atoms with Crippen molar-refractivity contribution in [1.82, 2.24) is 14.8 Å². The molecule has 0 unspecified atom stereocenters. The van der Waals surface area contributed by atoms with E-state index in [9.17, 15) is 4.79 Å². The predicted molar refractivity (Wildman–Crippen MR) is 122 cm³/mol. The van der Waals surface area contributed by atoms with Gasteiger partial charge in [0.2, 0.25) is 5.91 Å². The van der Waals surface area contributed by atoms with Crippen LogP contribution in [0.15, 0.2) is 60.3 Å². The Morgan fingerprint density at radius 1 is 1.27 bits per heavy atom. The third-order valence-corrected chi connectivity index (χ3v) is 5.61. The molecule has 1 heterocycles. The molecule has 0 aliphatic heterocycles. The standard InChI is InChI=1S/C21H20Cl2N4O2S/c1-3-10-27-19(12-29-18-9-8-15(22)11-14(18)2)25-26-21(27)30-13-20(28)24-17-7-5-4-6-16(17)23/h3-9,11H,1,10,12-13H2,2H3,(H,24,28). The highest BCUT2D eigenvalue weighted by molar-refractivity contribution is 7.99. The molecule has 9 heteroatoms. The first-order valence-corrected chi connectivity index (χ1v) is 10.8. The van der Waals surface area contributed by atoms with Gasteiger partial charge in [-0.15, -0.1) is 16.8 Å². The van der Waals surface area contributed by atoms with Crippen molar-refractivity contribution in [3.8, 4) is 5.75 Å². The molecule has 1 aromatic heterocycles. The van der Waals surface area contributed by atoms with Crippen molar-refractivity contribution >= 4 is 46.6 Å². The molecule has 0 aliphatic rings. The van der Waals surface area contributed by atoms with Gasteiger partial charge >= 0.3 is 0 Å². The van der Waals surface area contributed by atoms with Crippen molar-refractivity contribution in [2.45, 2.75) is 25.2 Å². The van der Waals surface area contributed by atoms with Crippen molar-refractivity contribution < 1.29 is 9.53 Å². The van der Waals surface area contributed by atoms with Crippen molar-refractivity contribution in [3.63, 3.8) is 0 Å². The van der Waals surface area contributed by atoms with Crippen LogP contribution in [0.1, 0.15) is 11.4 Å². The molecule has 30 heavy (non-hydrogen) atoms. The largest absolute Gasteiger partial charge is 0.485 e. The number of hydrogen-bond acceptors (Lipinski definition) is 5. The lowest BCUT2D eigenvalue weighted by Gasteiger charge is -2.11. The normalized spacial score (nSPS) is 10.6. The van der Waals surface area contributed by atoms with Crippen LogP contribution < -0.4 is 10.1 Å². The van der Waals surface area contributed by atoms with Gasteiger partial charge in [-0.1, -0.05) is 53.2 Å². The SMILES string of the molecule is C=CCn1c(COc2ccc(Cl)cc2C)nnc1SCC(=O)Nc1ccccc1Cl. The number of rotatable bonds is 9. The van der Waals surface area contributed by atoms with E-state index in [-0.39, 0.29) is 18.3 Å². The lowest BCUT2D eigenvalue weighted by molar-refractivity contribution is -0.113. The number of nitrogens with one attached hydrogen (secondary N) is 1. The van der Waals surface area contributed by atoms with Gasteiger partial charge in [-0.25, -0.2) is 0 Å². The van der Waals surface area contributed by atoms with Crippen LogP contribution in [0.5, 0.6) is 5.75 Å². The van der Waals surface area contributed by atoms with Gasteiger partial charge in [-0.3, -0.25) is 9.36 Å². The van der Waals surface area contributed by atoms with E-state index in [0.29, 0.717) is 33.3 Å². The minimum Gasteiger partial charge on any atom is -0.485 e. The van der Waals surface area contributed by atoms with Gasteiger partial charge in [0, 0.05) is 11.6 Å². The highest BCUT2D eigenvalue weighted by Gasteiger charge is 2.15. The summed E-state index contributed by atoms with van der Waals surface area (Å²) in [6.45, 7) is 6.44. The van der Waals surface area contributed by atoms with Gasteiger partial charge in [0.25, 0.3) is 0 Å². The number of para-hydroxylation sites is 1. The monoisotopic (exact) mass is 462 g/mol. The van der Waals surface area contributed by atoms with Gasteiger partial charge < -0.3 is 10.1 Å². The van der Waals surface area contributed by atoms with E-state index in [1.807, 2.05) is 29.7 Å². The molecule has 0 bridgehead atoms. The Hall–Kier alpha value is -2.48. The molecule has 156 valence electrons. The number of halogens is 2. The summed E-state index contributed by atoms with van der Waals surface area (Å²) in [7, 11) is 0. The highest BCUT2D eigenvalue weighted by Crippen LogP contribution is 2.24. The Bertz CT molecular complexity index is 1060. The first-order valence-electron chi connectivity index (χ1n) is 9.07. The summed E-state index contributed by atoms with van der Waals surface area (Å²) in [6.07, 6.45) is 1.74. The fourth-order valence-electron chi connectivity index (χ4n) is 2.64. The average Bonchev–Trinajstić information content (AvgIpc) is 3.09. The number of ether oxygens (including phenoxy) is 1. The average molecular weight is 463 g/mol. The summed E-state index contributed by atoms with van der Waals surface area (Å²) >= 11 is 13.3. The molecule has 0 aliphatic carbocycles. The van der Waals surface area contributed by atoms with Crippen LogP contribution in [0.4, 0.5) is 5.69 Å². The Balaban J connectivity index is 1.64. The molecule has 2 aromatic carbocycles. The van der Waals surface area contributed by atoms with E-state index in [0.717, 1.165) is 11.3 Å². The molecule has 0 spiro atoms. The highest BCUT2D eigenvalue weighted by atomic mass is 35.5. The molecule has 0 saturated heterocycles. The summed E-state index contributed by atoms with van der Waals surface area (Å²) < 4.78 is 7.74. The van der Waals surface area contributed by atoms with Crippen LogP contribution in [0, 0.1) is 6.92 Å². The number of carbonyl (C=O) groups excluding carboxylic acids is 1. The number of carbonyl (C=O) groups is 1. The van der Waals surface area contributed by atoms with Crippen molar-refractivity contribution in [3.05, 3.63) is 76.6 Å². The molecule has 0 atom stereocenters. The van der Waals surface area contributed by atoms with Crippen molar-refractivity contribution in [2.75, 3.05) is 11.1 Å². The zero-order valence-corrected chi connectivity index (χ0v) is 18.6. The van der Waals surface area contributed by atoms with Crippen LogP contribution in [-0.2, 0) is 17.9 Å². The maximum absolute atomic E-state index is 12.3. The molecule has 0 radical (unpaired) electrons. The molecule has 6 nitrogen and oxygen atoms in total. The van der Waals surface area contributed by atoms with Gasteiger partial charge in [-0.05, 0) is 42.8 Å². The second-order valence-corrected chi connectivity index (χ2v) is 8.10. The van der Waals surface area contributed by atoms with Crippen molar-refractivity contribution in [1.29, 1.82) is 0 Å². The summed E-state index contributed by atoms with van der Waals surface area (Å²) in [5.41, 5.74) is 1.51. The summed E-state index contributed by atoms with van der Waals surface area (Å²) in [5, 5.41) is 13.0. The topological polar surface area (TPSA) is 69.0 Å². The van der Waals surface area contributed by atoms with Crippen LogP contribution in [0.2, 0.25) is 10.0 Å². The second kappa shape index (κ2) is 10.5. The minimum absolute atomic E-state index is 0.164. The third-order valence-electron chi connectivity index (χ3n) is 4.08. The maximum Gasteiger partial charge on any atom is 0.234 e. The number of aromatic nitrogens is 3. The second-order valence-electron chi connectivity index (χ2n) is 6.31. The fourth-order valence-corrected chi connectivity index (χ4v) is 3.82. The Labute approximate surface area is 189 Å². The number of aryl methyl sites for hydroxylation is 1. The zero-order valence-electron chi connectivity index (χ0n) is 16.3. The van der Waals surface area contributed by atoms with Crippen LogP contribution in [0.25, 0.3) is 0 Å². The van der Waals surface area contributed by atoms with E-state index in [1.165, 1.54) is 11.8 Å². The molecule has 3 aromatic rings. The Kier molecular flexibility index (Phi) is 7.79. The van der Waals surface area contributed by atoms with Crippen LogP contribution in [0.3, 0.4) is 0 Å². The molecule has 0 saturated carbocycles. The van der Waals surface area contributed by atoms with E-state index < -0.39 is 0 Å². The Morgan fingerprint density at radius 2 is 2.07 bits per heavy atom. The minimum atomic E-state index is -0.184. The number of nitrogens with zero attached hydrogens (tertiary/aromatic N) is 3. The van der Waals surface area contributed by atoms with Gasteiger partial charge in [0.05, 0.1) is 16.5 Å². The fraction of sp³-hybridized carbons (Fsp3) is 0.190. The summed E-state index contributed by atoms with van der Waals surface area (Å²) in [4.78, 5) is 12.3. The summed E-state index contributed by atoms with van der Waals surface area (Å²) in [5.74, 6) is 1.34. The third kappa shape index (κ3) is 5.78. The number of benzene rings is 2. The van der Waals surface area contributed by atoms with Crippen LogP contribution in [-0.4, -0.2) is 26.4 Å². The molecule has 0 fully saturated rings. The van der Waals surface area contributed by atoms with Crippen LogP contribution >= 0.6 is 35.0 Å². The Morgan fingerprint density at radius 3 is 2.80 bits per heavy atom. The molecule has 3 rings (SSSR count).